The van der Waals surface area contributed by atoms with Gasteiger partial charge >= 0.3 is 5.76 Å². The molecule has 2 N–H and O–H groups in total. The summed E-state index contributed by atoms with van der Waals surface area (Å²) in [4.78, 5) is 24.3. The Morgan fingerprint density at radius 3 is 2.47 bits per heavy atom. The van der Waals surface area contributed by atoms with Gasteiger partial charge in [-0.25, -0.2) is 13.2 Å². The molecule has 10 heteroatoms. The molecule has 1 atom stereocenters. The first-order valence-electron chi connectivity index (χ1n) is 9.25. The standard InChI is InChI=1S/C20H22ClN3O5S/c1-12(2)10-16(19(25)22-14-6-4-13(21)5-7-14)23-30(27,28)15-8-9-17-18(11-15)29-20(26)24(17)3/h4-9,11-12,16,23H,10H2,1-3H3,(H,22,25)/t16-/m1/s1. The average molecular weight is 452 g/mol. The SMILES string of the molecule is CC(C)C[C@@H](NS(=O)(=O)c1ccc2c(c1)oc(=O)n2C)C(=O)Nc1ccc(Cl)cc1. The molecule has 0 saturated heterocycles. The highest BCUT2D eigenvalue weighted by Crippen LogP contribution is 2.20. The highest BCUT2D eigenvalue weighted by Gasteiger charge is 2.27. The Balaban J connectivity index is 1.86. The van der Waals surface area contributed by atoms with E-state index in [0.29, 0.717) is 22.6 Å². The zero-order chi connectivity index (χ0) is 22.1. The predicted octanol–water partition coefficient (Wildman–Crippen LogP) is 3.12. The fourth-order valence-corrected chi connectivity index (χ4v) is 4.33. The van der Waals surface area contributed by atoms with Crippen LogP contribution < -0.4 is 15.8 Å². The molecule has 0 bridgehead atoms. The lowest BCUT2D eigenvalue weighted by molar-refractivity contribution is -0.118. The minimum Gasteiger partial charge on any atom is -0.408 e. The monoisotopic (exact) mass is 451 g/mol. The van der Waals surface area contributed by atoms with Gasteiger partial charge in [-0.2, -0.15) is 4.72 Å². The summed E-state index contributed by atoms with van der Waals surface area (Å²) >= 11 is 5.85. The first-order chi connectivity index (χ1) is 14.1. The van der Waals surface area contributed by atoms with Gasteiger partial charge in [-0.05, 0) is 48.7 Å². The Morgan fingerprint density at radius 1 is 1.17 bits per heavy atom. The van der Waals surface area contributed by atoms with Crippen LogP contribution in [0.15, 0.2) is 56.6 Å². The average Bonchev–Trinajstić information content (AvgIpc) is 2.96. The van der Waals surface area contributed by atoms with Crippen LogP contribution in [0.1, 0.15) is 20.3 Å². The van der Waals surface area contributed by atoms with E-state index in [1.807, 2.05) is 13.8 Å². The number of rotatable bonds is 7. The zero-order valence-electron chi connectivity index (χ0n) is 16.7. The maximum absolute atomic E-state index is 12.9. The lowest BCUT2D eigenvalue weighted by Gasteiger charge is -2.20. The van der Waals surface area contributed by atoms with Crippen LogP contribution >= 0.6 is 11.6 Å². The maximum Gasteiger partial charge on any atom is 0.419 e. The number of halogens is 1. The molecule has 160 valence electrons. The molecule has 0 aliphatic rings. The molecule has 2 aromatic carbocycles. The van der Waals surface area contributed by atoms with Crippen molar-refractivity contribution >= 4 is 44.3 Å². The zero-order valence-corrected chi connectivity index (χ0v) is 18.3. The fourth-order valence-electron chi connectivity index (χ4n) is 2.98. The van der Waals surface area contributed by atoms with Crippen molar-refractivity contribution in [1.82, 2.24) is 9.29 Å². The first-order valence-corrected chi connectivity index (χ1v) is 11.1. The number of nitrogens with one attached hydrogen (secondary N) is 2. The number of benzene rings is 2. The van der Waals surface area contributed by atoms with Crippen molar-refractivity contribution in [2.24, 2.45) is 13.0 Å². The first kappa shape index (κ1) is 22.1. The van der Waals surface area contributed by atoms with Crippen molar-refractivity contribution in [2.45, 2.75) is 31.2 Å². The Hall–Kier alpha value is -2.62. The summed E-state index contributed by atoms with van der Waals surface area (Å²) in [5, 5.41) is 3.22. The fraction of sp³-hybridized carbons (Fsp3) is 0.300. The van der Waals surface area contributed by atoms with Crippen LogP contribution in [0.3, 0.4) is 0 Å². The predicted molar refractivity (Wildman–Crippen MR) is 115 cm³/mol. The number of amides is 1. The van der Waals surface area contributed by atoms with E-state index in [1.165, 1.54) is 29.8 Å². The van der Waals surface area contributed by atoms with Crippen molar-refractivity contribution in [3.05, 3.63) is 58.0 Å². The third-order valence-electron chi connectivity index (χ3n) is 4.51. The van der Waals surface area contributed by atoms with Gasteiger partial charge in [0, 0.05) is 23.8 Å². The molecule has 1 aromatic heterocycles. The van der Waals surface area contributed by atoms with Crippen LogP contribution in [0.5, 0.6) is 0 Å². The Bertz CT molecular complexity index is 1230. The number of aryl methyl sites for hydroxylation is 1. The van der Waals surface area contributed by atoms with Crippen molar-refractivity contribution in [3.8, 4) is 0 Å². The minimum absolute atomic E-state index is 0.0586. The normalized spacial score (nSPS) is 13.0. The van der Waals surface area contributed by atoms with E-state index in [2.05, 4.69) is 10.0 Å². The van der Waals surface area contributed by atoms with Gasteiger partial charge in [-0.1, -0.05) is 25.4 Å². The highest BCUT2D eigenvalue weighted by molar-refractivity contribution is 7.89. The molecule has 3 aromatic rings. The molecule has 1 amide bonds. The van der Waals surface area contributed by atoms with Crippen molar-refractivity contribution in [3.63, 3.8) is 0 Å². The second-order valence-electron chi connectivity index (χ2n) is 7.36. The van der Waals surface area contributed by atoms with E-state index in [-0.39, 0.29) is 16.4 Å². The third kappa shape index (κ3) is 4.92. The van der Waals surface area contributed by atoms with Gasteiger partial charge in [0.1, 0.15) is 6.04 Å². The topological polar surface area (TPSA) is 110 Å². The second-order valence-corrected chi connectivity index (χ2v) is 9.51. The van der Waals surface area contributed by atoms with E-state index in [0.717, 1.165) is 0 Å². The van der Waals surface area contributed by atoms with Crippen molar-refractivity contribution in [1.29, 1.82) is 0 Å². The van der Waals surface area contributed by atoms with E-state index >= 15 is 0 Å². The molecule has 0 radical (unpaired) electrons. The van der Waals surface area contributed by atoms with Crippen LogP contribution in [0.4, 0.5) is 5.69 Å². The van der Waals surface area contributed by atoms with Gasteiger partial charge < -0.3 is 9.73 Å². The van der Waals surface area contributed by atoms with Crippen LogP contribution in [-0.2, 0) is 21.9 Å². The molecule has 0 spiro atoms. The largest absolute Gasteiger partial charge is 0.419 e. The second kappa shape index (κ2) is 8.63. The summed E-state index contributed by atoms with van der Waals surface area (Å²) in [7, 11) is -2.52. The number of nitrogens with zero attached hydrogens (tertiary/aromatic N) is 1. The molecular weight excluding hydrogens is 430 g/mol. The van der Waals surface area contributed by atoms with Gasteiger partial charge in [-0.15, -0.1) is 0 Å². The number of sulfonamides is 1. The number of aromatic nitrogens is 1. The van der Waals surface area contributed by atoms with E-state index in [9.17, 15) is 18.0 Å². The Labute approximate surface area is 178 Å². The van der Waals surface area contributed by atoms with Gasteiger partial charge in [-0.3, -0.25) is 9.36 Å². The van der Waals surface area contributed by atoms with E-state index in [1.54, 1.807) is 24.3 Å². The van der Waals surface area contributed by atoms with E-state index in [4.69, 9.17) is 16.0 Å². The van der Waals surface area contributed by atoms with Crippen LogP contribution in [-0.4, -0.2) is 24.9 Å². The van der Waals surface area contributed by atoms with Crippen molar-refractivity contribution in [2.75, 3.05) is 5.32 Å². The molecule has 0 saturated carbocycles. The Morgan fingerprint density at radius 2 is 1.83 bits per heavy atom. The highest BCUT2D eigenvalue weighted by atomic mass is 35.5. The molecule has 0 unspecified atom stereocenters. The smallest absolute Gasteiger partial charge is 0.408 e. The molecule has 3 rings (SSSR count). The molecule has 0 fully saturated rings. The number of carbonyl (C=O) groups is 1. The number of hydrogen-bond acceptors (Lipinski definition) is 5. The molecule has 1 heterocycles. The maximum atomic E-state index is 12.9. The lowest BCUT2D eigenvalue weighted by Crippen LogP contribution is -2.44. The molecular formula is C20H22ClN3O5S. The molecule has 0 aliphatic carbocycles. The molecule has 30 heavy (non-hydrogen) atoms. The minimum atomic E-state index is -4.05. The summed E-state index contributed by atoms with van der Waals surface area (Å²) in [6.45, 7) is 3.78. The summed E-state index contributed by atoms with van der Waals surface area (Å²) in [5.41, 5.74) is 1.12. The van der Waals surface area contributed by atoms with Gasteiger partial charge in [0.25, 0.3) is 0 Å². The summed E-state index contributed by atoms with van der Waals surface area (Å²) in [6.07, 6.45) is 0.293. The number of hydrogen-bond donors (Lipinski definition) is 2. The van der Waals surface area contributed by atoms with Gasteiger partial charge in [0.2, 0.25) is 15.9 Å². The number of carbonyl (C=O) groups excluding carboxylic acids is 1. The van der Waals surface area contributed by atoms with E-state index < -0.39 is 27.7 Å². The number of anilines is 1. The number of fused-ring (bicyclic) bond motifs is 1. The quantitative estimate of drug-likeness (QED) is 0.573. The van der Waals surface area contributed by atoms with Crippen LogP contribution in [0.25, 0.3) is 11.1 Å². The van der Waals surface area contributed by atoms with Gasteiger partial charge in [0.05, 0.1) is 10.4 Å². The number of oxazole rings is 1. The lowest BCUT2D eigenvalue weighted by atomic mass is 10.0. The Kier molecular flexibility index (Phi) is 6.35. The van der Waals surface area contributed by atoms with Crippen molar-refractivity contribution < 1.29 is 17.6 Å². The summed E-state index contributed by atoms with van der Waals surface area (Å²) in [6, 6.07) is 9.64. The van der Waals surface area contributed by atoms with Gasteiger partial charge in [0.15, 0.2) is 5.58 Å². The summed E-state index contributed by atoms with van der Waals surface area (Å²) < 4.78 is 34.7. The summed E-state index contributed by atoms with van der Waals surface area (Å²) in [5.74, 6) is -1.02. The third-order valence-corrected chi connectivity index (χ3v) is 6.23. The molecule has 0 aliphatic heterocycles. The van der Waals surface area contributed by atoms with Crippen LogP contribution in [0, 0.1) is 5.92 Å². The van der Waals surface area contributed by atoms with Crippen LogP contribution in [0.2, 0.25) is 5.02 Å². The molecule has 8 nitrogen and oxygen atoms in total.